The summed E-state index contributed by atoms with van der Waals surface area (Å²) in [5.41, 5.74) is 1.54. The monoisotopic (exact) mass is 843 g/mol. The maximum absolute atomic E-state index is 15.1. The summed E-state index contributed by atoms with van der Waals surface area (Å²) in [4.78, 5) is 22.0. The van der Waals surface area contributed by atoms with E-state index in [9.17, 15) is 5.26 Å². The Morgan fingerprint density at radius 1 is 0.982 bits per heavy atom. The molecule has 0 radical (unpaired) electrons. The molecule has 0 saturated carbocycles. The van der Waals surface area contributed by atoms with Gasteiger partial charge in [0.25, 0.3) is 0 Å². The number of methoxy groups -OCH3 is 2. The predicted octanol–water partition coefficient (Wildman–Crippen LogP) is 9.74. The van der Waals surface area contributed by atoms with Gasteiger partial charge < -0.3 is 24.0 Å². The molecule has 7 rings (SSSR count). The number of pyridine rings is 2. The number of ether oxygens (including phenoxy) is 3. The minimum absolute atomic E-state index is 0.00377. The third-order valence-corrected chi connectivity index (χ3v) is 10.7. The average Bonchev–Trinajstić information content (AvgIpc) is 3.34. The quantitative estimate of drug-likeness (QED) is 0.117. The summed E-state index contributed by atoms with van der Waals surface area (Å²) in [5, 5.41) is 10.1. The van der Waals surface area contributed by atoms with Crippen molar-refractivity contribution in [3.8, 4) is 34.6 Å². The molecular formula is C41H34BrClF3N7O3. The van der Waals surface area contributed by atoms with Crippen LogP contribution in [0.5, 0.6) is 17.2 Å². The number of aromatic nitrogens is 4. The molecule has 286 valence electrons. The van der Waals surface area contributed by atoms with Crippen LogP contribution in [-0.2, 0) is 25.8 Å². The van der Waals surface area contributed by atoms with E-state index >= 15 is 13.2 Å². The second-order valence-electron chi connectivity index (χ2n) is 13.1. The first-order valence-corrected chi connectivity index (χ1v) is 18.6. The normalized spacial score (nSPS) is 13.8. The van der Waals surface area contributed by atoms with E-state index in [4.69, 9.17) is 30.8 Å². The van der Waals surface area contributed by atoms with E-state index in [0.717, 1.165) is 16.7 Å². The molecule has 0 amide bonds. The fourth-order valence-corrected chi connectivity index (χ4v) is 7.48. The molecule has 15 heteroatoms. The second-order valence-corrected chi connectivity index (χ2v) is 14.3. The Morgan fingerprint density at radius 3 is 2.23 bits per heavy atom. The van der Waals surface area contributed by atoms with Gasteiger partial charge in [-0.15, -0.1) is 0 Å². The van der Waals surface area contributed by atoms with Gasteiger partial charge in [0, 0.05) is 37.0 Å². The van der Waals surface area contributed by atoms with Crippen LogP contribution in [0.25, 0.3) is 22.2 Å². The van der Waals surface area contributed by atoms with Crippen LogP contribution in [0.15, 0.2) is 89.9 Å². The molecule has 0 saturated heterocycles. The van der Waals surface area contributed by atoms with Gasteiger partial charge in [0.1, 0.15) is 40.7 Å². The highest BCUT2D eigenvalue weighted by Crippen LogP contribution is 2.49. The maximum atomic E-state index is 15.1. The lowest BCUT2D eigenvalue weighted by molar-refractivity contribution is -0.137. The van der Waals surface area contributed by atoms with Crippen molar-refractivity contribution in [2.24, 2.45) is 0 Å². The van der Waals surface area contributed by atoms with Gasteiger partial charge in [0.15, 0.2) is 5.75 Å². The molecule has 0 spiro atoms. The van der Waals surface area contributed by atoms with Crippen LogP contribution in [0.2, 0.25) is 5.02 Å². The van der Waals surface area contributed by atoms with Gasteiger partial charge in [0.05, 0.1) is 59.9 Å². The Labute approximate surface area is 334 Å². The van der Waals surface area contributed by atoms with Crippen LogP contribution in [0.1, 0.15) is 34.2 Å². The number of nitrogens with zero attached hydrogens (tertiary/aromatic N) is 7. The van der Waals surface area contributed by atoms with Crippen LogP contribution in [-0.4, -0.2) is 46.8 Å². The molecule has 1 aliphatic rings. The van der Waals surface area contributed by atoms with Crippen LogP contribution < -0.4 is 24.0 Å². The number of hydrogen-bond donors (Lipinski definition) is 0. The Bertz CT molecular complexity index is 2380. The third kappa shape index (κ3) is 7.87. The summed E-state index contributed by atoms with van der Waals surface area (Å²) in [6.07, 6.45) is -1.73. The second kappa shape index (κ2) is 16.2. The van der Waals surface area contributed by atoms with E-state index in [1.54, 1.807) is 26.5 Å². The molecule has 0 fully saturated rings. The number of benzene rings is 3. The molecule has 1 aliphatic heterocycles. The number of nitriles is 1. The molecule has 0 bridgehead atoms. The predicted molar refractivity (Wildman–Crippen MR) is 211 cm³/mol. The number of anilines is 2. The zero-order valence-corrected chi connectivity index (χ0v) is 32.8. The molecule has 6 aromatic rings. The summed E-state index contributed by atoms with van der Waals surface area (Å²) >= 11 is 10.7. The van der Waals surface area contributed by atoms with Crippen molar-refractivity contribution in [2.45, 2.75) is 45.2 Å². The summed E-state index contributed by atoms with van der Waals surface area (Å²) in [6.45, 7) is 2.34. The van der Waals surface area contributed by atoms with Gasteiger partial charge in [0.2, 0.25) is 0 Å². The smallest absolute Gasteiger partial charge is 0.418 e. The Kier molecular flexibility index (Phi) is 11.2. The molecule has 3 aromatic carbocycles. The summed E-state index contributed by atoms with van der Waals surface area (Å²) in [7, 11) is 3.16. The lowest BCUT2D eigenvalue weighted by atomic mass is 9.98. The number of aryl methyl sites for hydroxylation is 1. The van der Waals surface area contributed by atoms with Gasteiger partial charge in [-0.3, -0.25) is 0 Å². The van der Waals surface area contributed by atoms with Crippen LogP contribution in [0.3, 0.4) is 0 Å². The van der Waals surface area contributed by atoms with E-state index in [1.807, 2.05) is 64.4 Å². The summed E-state index contributed by atoms with van der Waals surface area (Å²) in [5.74, 6) is 2.18. The number of rotatable bonds is 11. The van der Waals surface area contributed by atoms with Gasteiger partial charge in [-0.1, -0.05) is 41.9 Å². The molecule has 0 N–H and O–H groups in total. The first kappa shape index (κ1) is 38.6. The van der Waals surface area contributed by atoms with E-state index < -0.39 is 17.8 Å². The van der Waals surface area contributed by atoms with Gasteiger partial charge in [-0.05, 0) is 82.0 Å². The van der Waals surface area contributed by atoms with Crippen molar-refractivity contribution >= 4 is 50.1 Å². The number of alkyl halides is 3. The number of hydrogen-bond acceptors (Lipinski definition) is 10. The Hall–Kier alpha value is -5.65. The van der Waals surface area contributed by atoms with E-state index in [-0.39, 0.29) is 40.6 Å². The SMILES string of the molecule is COc1ccc(CN(Cc2ccc(OC)cc2)c2cc(C)c(C(F)(F)F)c(-c3cc4ncnc5c4c(c3Cl)OC[C@H](CC#N)N5Cc3cccnc3Br)n2)cc1. The van der Waals surface area contributed by atoms with Crippen LogP contribution in [0.4, 0.5) is 24.8 Å². The lowest BCUT2D eigenvalue weighted by Gasteiger charge is -2.29. The highest BCUT2D eigenvalue weighted by molar-refractivity contribution is 9.10. The standard InChI is InChI=1S/C41H34BrClF3N7O3/c1-24-17-33(52(19-25-6-10-29(54-2)11-7-25)20-26-8-12-30(55-3)13-9-26)51-37(35(24)41(44,45)46)31-18-32-34-38(36(31)43)56-22-28(14-15-47)53(40(34)50-23-49-32)21-27-5-4-16-48-39(27)42/h4-13,16-18,23,28H,14,19-22H2,1-3H3/t28-/m0/s1. The minimum Gasteiger partial charge on any atom is -0.497 e. The first-order chi connectivity index (χ1) is 27.0. The van der Waals surface area contributed by atoms with Crippen molar-refractivity contribution in [2.75, 3.05) is 30.6 Å². The van der Waals surface area contributed by atoms with E-state index in [2.05, 4.69) is 37.0 Å². The van der Waals surface area contributed by atoms with E-state index in [1.165, 1.54) is 25.4 Å². The van der Waals surface area contributed by atoms with E-state index in [0.29, 0.717) is 58.3 Å². The molecule has 3 aromatic heterocycles. The topological polar surface area (TPSA) is 110 Å². The largest absolute Gasteiger partial charge is 0.497 e. The third-order valence-electron chi connectivity index (χ3n) is 9.57. The van der Waals surface area contributed by atoms with Crippen molar-refractivity contribution in [1.82, 2.24) is 19.9 Å². The molecular weight excluding hydrogens is 811 g/mol. The molecule has 0 aliphatic carbocycles. The van der Waals surface area contributed by atoms with Gasteiger partial charge >= 0.3 is 6.18 Å². The van der Waals surface area contributed by atoms with Crippen LogP contribution >= 0.6 is 27.5 Å². The fraction of sp³-hybridized carbons (Fsp3) is 0.244. The Balaban J connectivity index is 1.40. The van der Waals surface area contributed by atoms with Gasteiger partial charge in [-0.2, -0.15) is 18.4 Å². The van der Waals surface area contributed by atoms with Crippen molar-refractivity contribution in [1.29, 1.82) is 5.26 Å². The molecule has 0 unspecified atom stereocenters. The maximum Gasteiger partial charge on any atom is 0.418 e. The van der Waals surface area contributed by atoms with Gasteiger partial charge in [-0.25, -0.2) is 19.9 Å². The molecule has 1 atom stereocenters. The molecule has 10 nitrogen and oxygen atoms in total. The molecule has 56 heavy (non-hydrogen) atoms. The highest BCUT2D eigenvalue weighted by Gasteiger charge is 2.39. The first-order valence-electron chi connectivity index (χ1n) is 17.4. The van der Waals surface area contributed by atoms with Crippen molar-refractivity contribution in [3.05, 3.63) is 123 Å². The summed E-state index contributed by atoms with van der Waals surface area (Å²) in [6, 6.07) is 23.3. The average molecular weight is 845 g/mol. The fourth-order valence-electron chi connectivity index (χ4n) is 6.81. The minimum atomic E-state index is -4.79. The van der Waals surface area contributed by atoms with Crippen molar-refractivity contribution in [3.63, 3.8) is 0 Å². The number of halogens is 5. The zero-order chi connectivity index (χ0) is 39.6. The van der Waals surface area contributed by atoms with Crippen LogP contribution in [0, 0.1) is 18.3 Å². The summed E-state index contributed by atoms with van der Waals surface area (Å²) < 4.78 is 63.0. The zero-order valence-electron chi connectivity index (χ0n) is 30.4. The Morgan fingerprint density at radius 2 is 1.64 bits per heavy atom. The van der Waals surface area contributed by atoms with Crippen molar-refractivity contribution < 1.29 is 27.4 Å². The molecule has 4 heterocycles. The lowest BCUT2D eigenvalue weighted by Crippen LogP contribution is -2.38. The highest BCUT2D eigenvalue weighted by atomic mass is 79.9.